The molecule has 0 spiro atoms. The summed E-state index contributed by atoms with van der Waals surface area (Å²) in [4.78, 5) is 19.6. The van der Waals surface area contributed by atoms with E-state index in [2.05, 4.69) is 10.1 Å². The predicted molar refractivity (Wildman–Crippen MR) is 110 cm³/mol. The molecule has 0 aromatic carbocycles. The highest BCUT2D eigenvalue weighted by molar-refractivity contribution is 5.93. The van der Waals surface area contributed by atoms with E-state index >= 15 is 0 Å². The molecular formula is C23H29F3N4O. The SMILES string of the molecule is CN(C(=O)c1cc2nc(C(C)(C)C)cc(C(F)(F)F)n2n1)C12CC3CC(CC(C3)C1)C2. The number of hydrogen-bond acceptors (Lipinski definition) is 3. The number of aromatic nitrogens is 3. The van der Waals surface area contributed by atoms with Crippen molar-refractivity contribution in [2.24, 2.45) is 17.8 Å². The van der Waals surface area contributed by atoms with Crippen LogP contribution in [0.3, 0.4) is 0 Å². The van der Waals surface area contributed by atoms with Crippen LogP contribution in [0.4, 0.5) is 13.2 Å². The number of carbonyl (C=O) groups is 1. The van der Waals surface area contributed by atoms with E-state index in [0.29, 0.717) is 23.4 Å². The molecule has 0 saturated heterocycles. The molecule has 4 fully saturated rings. The molecule has 31 heavy (non-hydrogen) atoms. The lowest BCUT2D eigenvalue weighted by molar-refractivity contribution is -0.142. The zero-order valence-electron chi connectivity index (χ0n) is 18.5. The van der Waals surface area contributed by atoms with Gasteiger partial charge in [-0.3, -0.25) is 4.79 Å². The van der Waals surface area contributed by atoms with Gasteiger partial charge in [0.25, 0.3) is 5.91 Å². The quantitative estimate of drug-likeness (QED) is 0.662. The molecule has 4 aliphatic carbocycles. The normalized spacial score (nSPS) is 30.2. The molecule has 0 atom stereocenters. The molecule has 0 aliphatic heterocycles. The number of alkyl halides is 3. The molecule has 5 nitrogen and oxygen atoms in total. The average molecular weight is 435 g/mol. The van der Waals surface area contributed by atoms with Gasteiger partial charge in [-0.1, -0.05) is 20.8 Å². The molecular weight excluding hydrogens is 405 g/mol. The van der Waals surface area contributed by atoms with Gasteiger partial charge in [0.15, 0.2) is 11.3 Å². The third kappa shape index (κ3) is 3.33. The predicted octanol–water partition coefficient (Wildman–Crippen LogP) is 5.09. The number of hydrogen-bond donors (Lipinski definition) is 0. The van der Waals surface area contributed by atoms with Gasteiger partial charge >= 0.3 is 6.18 Å². The van der Waals surface area contributed by atoms with Gasteiger partial charge in [0.1, 0.15) is 5.69 Å². The van der Waals surface area contributed by atoms with E-state index in [1.165, 1.54) is 25.3 Å². The summed E-state index contributed by atoms with van der Waals surface area (Å²) < 4.78 is 42.1. The van der Waals surface area contributed by atoms with Crippen molar-refractivity contribution < 1.29 is 18.0 Å². The summed E-state index contributed by atoms with van der Waals surface area (Å²) in [5.41, 5.74) is -1.24. The summed E-state index contributed by atoms with van der Waals surface area (Å²) in [6.07, 6.45) is 2.15. The third-order valence-electron chi connectivity index (χ3n) is 7.73. The van der Waals surface area contributed by atoms with Crippen molar-refractivity contribution >= 4 is 11.6 Å². The summed E-state index contributed by atoms with van der Waals surface area (Å²) in [7, 11) is 1.80. The lowest BCUT2D eigenvalue weighted by Gasteiger charge is -2.59. The zero-order valence-corrected chi connectivity index (χ0v) is 18.5. The lowest BCUT2D eigenvalue weighted by atomic mass is 9.52. The zero-order chi connectivity index (χ0) is 22.3. The van der Waals surface area contributed by atoms with Gasteiger partial charge < -0.3 is 4.90 Å². The maximum Gasteiger partial charge on any atom is 0.433 e. The minimum atomic E-state index is -4.60. The molecule has 6 rings (SSSR count). The van der Waals surface area contributed by atoms with Crippen LogP contribution >= 0.6 is 0 Å². The summed E-state index contributed by atoms with van der Waals surface area (Å²) in [5.74, 6) is 1.68. The minimum absolute atomic E-state index is 0.0299. The first-order valence-electron chi connectivity index (χ1n) is 11.1. The van der Waals surface area contributed by atoms with Crippen LogP contribution in [0.2, 0.25) is 0 Å². The van der Waals surface area contributed by atoms with E-state index in [4.69, 9.17) is 0 Å². The van der Waals surface area contributed by atoms with Gasteiger partial charge in [0.2, 0.25) is 0 Å². The van der Waals surface area contributed by atoms with Crippen molar-refractivity contribution in [1.29, 1.82) is 0 Å². The van der Waals surface area contributed by atoms with E-state index in [9.17, 15) is 18.0 Å². The van der Waals surface area contributed by atoms with Crippen molar-refractivity contribution in [3.63, 3.8) is 0 Å². The van der Waals surface area contributed by atoms with E-state index in [-0.39, 0.29) is 22.8 Å². The Morgan fingerprint density at radius 2 is 1.61 bits per heavy atom. The fourth-order valence-corrected chi connectivity index (χ4v) is 6.53. The molecule has 0 N–H and O–H groups in total. The number of carbonyl (C=O) groups excluding carboxylic acids is 1. The van der Waals surface area contributed by atoms with E-state index < -0.39 is 17.3 Å². The van der Waals surface area contributed by atoms with Crippen LogP contribution in [0.25, 0.3) is 5.65 Å². The molecule has 4 saturated carbocycles. The monoisotopic (exact) mass is 434 g/mol. The topological polar surface area (TPSA) is 50.5 Å². The fourth-order valence-electron chi connectivity index (χ4n) is 6.53. The van der Waals surface area contributed by atoms with Crippen molar-refractivity contribution in [3.05, 3.63) is 29.2 Å². The van der Waals surface area contributed by atoms with Crippen molar-refractivity contribution in [2.45, 2.75) is 76.4 Å². The maximum atomic E-state index is 13.8. The van der Waals surface area contributed by atoms with Crippen LogP contribution in [0, 0.1) is 17.8 Å². The van der Waals surface area contributed by atoms with Crippen LogP contribution in [0.15, 0.2) is 12.1 Å². The number of amides is 1. The molecule has 1 amide bonds. The average Bonchev–Trinajstić information content (AvgIpc) is 3.07. The molecule has 8 heteroatoms. The number of halogens is 3. The highest BCUT2D eigenvalue weighted by atomic mass is 19.4. The van der Waals surface area contributed by atoms with Crippen molar-refractivity contribution in [3.8, 4) is 0 Å². The molecule has 2 heterocycles. The first kappa shape index (κ1) is 20.8. The van der Waals surface area contributed by atoms with Gasteiger partial charge in [-0.25, -0.2) is 9.50 Å². The summed E-state index contributed by atoms with van der Waals surface area (Å²) in [6.45, 7) is 5.44. The van der Waals surface area contributed by atoms with Gasteiger partial charge in [0, 0.05) is 24.1 Å². The second kappa shape index (κ2) is 6.45. The molecule has 4 aliphatic rings. The number of fused-ring (bicyclic) bond motifs is 1. The van der Waals surface area contributed by atoms with Gasteiger partial charge in [0.05, 0.1) is 5.69 Å². The molecule has 2 aromatic heterocycles. The fraction of sp³-hybridized carbons (Fsp3) is 0.696. The van der Waals surface area contributed by atoms with Crippen LogP contribution in [0.1, 0.15) is 81.2 Å². The van der Waals surface area contributed by atoms with Gasteiger partial charge in [-0.2, -0.15) is 18.3 Å². The minimum Gasteiger partial charge on any atom is -0.335 e. The molecule has 168 valence electrons. The highest BCUT2D eigenvalue weighted by Gasteiger charge is 2.54. The Morgan fingerprint density at radius 3 is 2.10 bits per heavy atom. The first-order valence-corrected chi connectivity index (χ1v) is 11.1. The lowest BCUT2D eigenvalue weighted by Crippen LogP contribution is -2.60. The van der Waals surface area contributed by atoms with Crippen LogP contribution in [-0.2, 0) is 11.6 Å². The van der Waals surface area contributed by atoms with E-state index in [0.717, 1.165) is 29.8 Å². The number of nitrogens with zero attached hydrogens (tertiary/aromatic N) is 4. The Kier molecular flexibility index (Phi) is 4.32. The second-order valence-electron chi connectivity index (χ2n) is 11.1. The molecule has 0 unspecified atom stereocenters. The van der Waals surface area contributed by atoms with E-state index in [1.807, 2.05) is 20.8 Å². The Morgan fingerprint density at radius 1 is 1.06 bits per heavy atom. The molecule has 2 aromatic rings. The Hall–Kier alpha value is -2.12. The third-order valence-corrected chi connectivity index (χ3v) is 7.73. The first-order chi connectivity index (χ1) is 14.4. The van der Waals surface area contributed by atoms with E-state index in [1.54, 1.807) is 11.9 Å². The molecule has 0 radical (unpaired) electrons. The maximum absolute atomic E-state index is 13.8. The summed E-state index contributed by atoms with van der Waals surface area (Å²) in [6, 6.07) is 2.45. The Labute approximate surface area is 180 Å². The smallest absolute Gasteiger partial charge is 0.335 e. The van der Waals surface area contributed by atoms with Crippen molar-refractivity contribution in [1.82, 2.24) is 19.5 Å². The largest absolute Gasteiger partial charge is 0.433 e. The second-order valence-corrected chi connectivity index (χ2v) is 11.1. The summed E-state index contributed by atoms with van der Waals surface area (Å²) in [5, 5.41) is 4.09. The van der Waals surface area contributed by atoms with Gasteiger partial charge in [-0.05, 0) is 62.3 Å². The van der Waals surface area contributed by atoms with Gasteiger partial charge in [-0.15, -0.1) is 0 Å². The molecule has 4 bridgehead atoms. The highest BCUT2D eigenvalue weighted by Crippen LogP contribution is 2.57. The Balaban J connectivity index is 1.54. The number of rotatable bonds is 2. The van der Waals surface area contributed by atoms with Crippen LogP contribution < -0.4 is 0 Å². The standard InChI is InChI=1S/C23H29F3N4O/c1-21(2,3)17-9-18(23(24,25)26)30-19(27-17)8-16(28-30)20(31)29(4)22-10-13-5-14(11-22)7-15(6-13)12-22/h8-9,13-15H,5-7,10-12H2,1-4H3. The van der Waals surface area contributed by atoms with Crippen molar-refractivity contribution in [2.75, 3.05) is 7.05 Å². The van der Waals surface area contributed by atoms with Crippen LogP contribution in [0.5, 0.6) is 0 Å². The summed E-state index contributed by atoms with van der Waals surface area (Å²) >= 11 is 0. The van der Waals surface area contributed by atoms with Crippen LogP contribution in [-0.4, -0.2) is 38.0 Å². The Bertz CT molecular complexity index is 1010.